The Morgan fingerprint density at radius 3 is 0.324 bits per heavy atom. The molecule has 0 heterocycles. The molecule has 0 aromatic carbocycles. The third-order valence-corrected chi connectivity index (χ3v) is 0.548. The summed E-state index contributed by atoms with van der Waals surface area (Å²) in [6, 6.07) is 0. The summed E-state index contributed by atoms with van der Waals surface area (Å²) in [6.45, 7) is 0. The van der Waals surface area contributed by atoms with Crippen LogP contribution in [0.4, 0.5) is 0 Å². The van der Waals surface area contributed by atoms with Gasteiger partial charge in [-0.05, 0) is 0 Å². The Balaban J connectivity index is -0.00000000578. The molecular weight excluding hydrogens is 597 g/mol. The summed E-state index contributed by atoms with van der Waals surface area (Å²) >= 11 is 0. The molecule has 0 aliphatic heterocycles. The van der Waals surface area contributed by atoms with Crippen molar-refractivity contribution >= 4 is 36.5 Å². The van der Waals surface area contributed by atoms with E-state index in [4.69, 9.17) is 28.8 Å². The van der Waals surface area contributed by atoms with Crippen LogP contribution < -0.4 is 0 Å². The van der Waals surface area contributed by atoms with E-state index in [0.717, 1.165) is 0 Å². The minimum atomic E-state index is 0. The summed E-state index contributed by atoms with van der Waals surface area (Å²) in [4.78, 5) is 70.9. The van der Waals surface area contributed by atoms with Gasteiger partial charge in [0, 0.05) is 75.0 Å². The molecule has 0 aliphatic carbocycles. The SMILES string of the molecule is C.C.CN=C=O.CN=C=O.CN=C=O.CN=C=O.CN=C=O.CN=C=O.O.O.O.O.O.O.O.O.O.O.[Y]. The van der Waals surface area contributed by atoms with Crippen molar-refractivity contribution in [3.05, 3.63) is 0 Å². The van der Waals surface area contributed by atoms with Crippen LogP contribution in [0.15, 0.2) is 30.0 Å². The summed E-state index contributed by atoms with van der Waals surface area (Å²) in [5, 5.41) is 0. The number of isocyanates is 6. The normalized spacial score (nSPS) is 2.76. The van der Waals surface area contributed by atoms with Crippen molar-refractivity contribution < 1.29 is 116 Å². The monoisotopic (exact) mass is 643 g/mol. The Labute approximate surface area is 239 Å². The number of nitrogens with zero attached hydrogens (tertiary/aromatic N) is 6. The molecule has 22 nitrogen and oxygen atoms in total. The Morgan fingerprint density at radius 2 is 0.324 bits per heavy atom. The van der Waals surface area contributed by atoms with E-state index in [-0.39, 0.29) is 102 Å². The number of aliphatic imine (C=N–C) groups is 6. The third kappa shape index (κ3) is 3560. The van der Waals surface area contributed by atoms with Gasteiger partial charge in [0.15, 0.2) is 0 Å². The van der Waals surface area contributed by atoms with E-state index in [9.17, 15) is 0 Å². The molecule has 0 rings (SSSR count). The summed E-state index contributed by atoms with van der Waals surface area (Å²) < 4.78 is 0. The minimum absolute atomic E-state index is 0. The zero-order chi connectivity index (χ0) is 20.5. The first-order valence-electron chi connectivity index (χ1n) is 5.25. The molecule has 0 unspecified atom stereocenters. The van der Waals surface area contributed by atoms with Gasteiger partial charge < -0.3 is 54.8 Å². The Morgan fingerprint density at radius 1 is 0.297 bits per heavy atom. The van der Waals surface area contributed by atoms with E-state index in [1.165, 1.54) is 78.8 Å². The number of carbonyl (C=O) groups excluding carboxylic acids is 6. The van der Waals surface area contributed by atoms with Crippen LogP contribution in [0.2, 0.25) is 0 Å². The van der Waals surface area contributed by atoms with E-state index >= 15 is 0 Å². The van der Waals surface area contributed by atoms with Crippen LogP contribution >= 0.6 is 0 Å². The quantitative estimate of drug-likeness (QED) is 0.182. The first-order chi connectivity index (χ1) is 11.5. The van der Waals surface area contributed by atoms with Gasteiger partial charge >= 0.3 is 0 Å². The van der Waals surface area contributed by atoms with Crippen molar-refractivity contribution in [2.24, 2.45) is 30.0 Å². The summed E-state index contributed by atoms with van der Waals surface area (Å²) in [5.74, 6) is 0. The second-order valence-electron chi connectivity index (χ2n) is 1.89. The molecule has 0 saturated heterocycles. The van der Waals surface area contributed by atoms with E-state index in [1.54, 1.807) is 0 Å². The minimum Gasteiger partial charge on any atom is -0.412 e. The molecule has 37 heavy (non-hydrogen) atoms. The molecule has 0 amide bonds. The van der Waals surface area contributed by atoms with Gasteiger partial charge in [-0.3, -0.25) is 0 Å². The fraction of sp³-hybridized carbons (Fsp3) is 0.571. The predicted molar refractivity (Wildman–Crippen MR) is 134 cm³/mol. The van der Waals surface area contributed by atoms with E-state index in [2.05, 4.69) is 30.0 Å². The van der Waals surface area contributed by atoms with Crippen molar-refractivity contribution in [1.29, 1.82) is 0 Å². The molecule has 0 fully saturated rings. The maximum Gasteiger partial charge on any atom is 0.234 e. The van der Waals surface area contributed by atoms with Gasteiger partial charge in [0.25, 0.3) is 0 Å². The maximum atomic E-state index is 8.88. The summed E-state index contributed by atoms with van der Waals surface area (Å²) in [5.41, 5.74) is 0. The van der Waals surface area contributed by atoms with Gasteiger partial charge in [0.2, 0.25) is 36.5 Å². The third-order valence-electron chi connectivity index (χ3n) is 0.548. The molecule has 231 valence electrons. The van der Waals surface area contributed by atoms with Crippen LogP contribution in [-0.2, 0) is 61.5 Å². The standard InChI is InChI=1S/6C2H3NO.2CH4.10H2O.Y/c6*1-3-2-4;;;;;;;;;;;;;/h6*1H3;2*1H4;10*1H2;. The smallest absolute Gasteiger partial charge is 0.234 e. The molecule has 0 saturated carbocycles. The second-order valence-corrected chi connectivity index (χ2v) is 1.89. The summed E-state index contributed by atoms with van der Waals surface area (Å²) in [7, 11) is 8.29. The van der Waals surface area contributed by atoms with E-state index in [0.29, 0.717) is 0 Å². The zero-order valence-corrected chi connectivity index (χ0v) is 22.5. The molecule has 0 aromatic heterocycles. The van der Waals surface area contributed by atoms with E-state index in [1.807, 2.05) is 0 Å². The fourth-order valence-corrected chi connectivity index (χ4v) is 0. The Bertz CT molecular complexity index is 412. The van der Waals surface area contributed by atoms with Crippen molar-refractivity contribution in [1.82, 2.24) is 0 Å². The van der Waals surface area contributed by atoms with Crippen LogP contribution in [0.5, 0.6) is 0 Å². The predicted octanol–water partition coefficient (Wildman–Crippen LogP) is -7.27. The van der Waals surface area contributed by atoms with Gasteiger partial charge in [-0.2, -0.15) is 0 Å². The first kappa shape index (κ1) is 165. The van der Waals surface area contributed by atoms with Gasteiger partial charge in [-0.1, -0.05) is 14.9 Å². The molecule has 0 spiro atoms. The average molecular weight is 643 g/mol. The molecule has 0 aromatic rings. The summed E-state index contributed by atoms with van der Waals surface area (Å²) in [6.07, 6.45) is 7.83. The van der Waals surface area contributed by atoms with Crippen LogP contribution in [0.25, 0.3) is 0 Å². The first-order valence-corrected chi connectivity index (χ1v) is 5.25. The number of hydrogen-bond donors (Lipinski definition) is 0. The molecular formula is C14H46N6O16Y. The Kier molecular flexibility index (Phi) is 1860. The van der Waals surface area contributed by atoms with Gasteiger partial charge in [-0.15, -0.1) is 0 Å². The number of rotatable bonds is 0. The maximum absolute atomic E-state index is 8.88. The fourth-order valence-electron chi connectivity index (χ4n) is 0. The van der Waals surface area contributed by atoms with Gasteiger partial charge in [-0.25, -0.2) is 58.7 Å². The topological polar surface area (TPSA) is 492 Å². The molecule has 23 heteroatoms. The van der Waals surface area contributed by atoms with Gasteiger partial charge in [0.1, 0.15) is 0 Å². The largest absolute Gasteiger partial charge is 0.412 e. The van der Waals surface area contributed by atoms with E-state index < -0.39 is 0 Å². The van der Waals surface area contributed by atoms with Crippen LogP contribution in [0.3, 0.4) is 0 Å². The van der Waals surface area contributed by atoms with Crippen molar-refractivity contribution in [2.45, 2.75) is 14.9 Å². The van der Waals surface area contributed by atoms with Crippen molar-refractivity contribution in [3.8, 4) is 0 Å². The molecule has 0 bridgehead atoms. The molecule has 1 radical (unpaired) electrons. The van der Waals surface area contributed by atoms with Crippen molar-refractivity contribution in [3.63, 3.8) is 0 Å². The van der Waals surface area contributed by atoms with Gasteiger partial charge in [0.05, 0.1) is 0 Å². The molecule has 0 aliphatic rings. The van der Waals surface area contributed by atoms with Crippen molar-refractivity contribution in [2.75, 3.05) is 42.3 Å². The van der Waals surface area contributed by atoms with Crippen LogP contribution in [0, 0.1) is 0 Å². The molecule has 0 atom stereocenters. The van der Waals surface area contributed by atoms with Crippen LogP contribution in [-0.4, -0.2) is 134 Å². The Hall–Kier alpha value is -3.02. The second kappa shape index (κ2) is 418. The zero-order valence-electron chi connectivity index (χ0n) is 19.7. The average Bonchev–Trinajstić information content (AvgIpc) is 2.68. The van der Waals surface area contributed by atoms with Crippen LogP contribution in [0.1, 0.15) is 14.9 Å². The number of hydrogen-bond acceptors (Lipinski definition) is 12. The molecule has 20 N–H and O–H groups in total.